The number of carbonyl (C=O) groups excluding carboxylic acids is 1. The molecular weight excluding hydrogens is 300 g/mol. The Morgan fingerprint density at radius 2 is 2.05 bits per heavy atom. The maximum absolute atomic E-state index is 12.1. The predicted octanol–water partition coefficient (Wildman–Crippen LogP) is 2.83. The zero-order valence-electron chi connectivity index (χ0n) is 11.7. The predicted molar refractivity (Wildman–Crippen MR) is 83.4 cm³/mol. The lowest BCUT2D eigenvalue weighted by atomic mass is 10.1. The third-order valence-corrected chi connectivity index (χ3v) is 4.05. The fourth-order valence-electron chi connectivity index (χ4n) is 2.04. The topological polar surface area (TPSA) is 75.4 Å². The molecule has 22 heavy (non-hydrogen) atoms. The summed E-state index contributed by atoms with van der Waals surface area (Å²) in [7, 11) is 0. The van der Waals surface area contributed by atoms with Crippen LogP contribution in [0.5, 0.6) is 0 Å². The summed E-state index contributed by atoms with van der Waals surface area (Å²) in [4.78, 5) is 16.4. The molecule has 2 heterocycles. The molecule has 0 fully saturated rings. The monoisotopic (exact) mass is 314 g/mol. The number of nitrogens with one attached hydrogen (secondary N) is 1. The molecule has 3 aromatic rings. The van der Waals surface area contributed by atoms with Gasteiger partial charge in [-0.2, -0.15) is 0 Å². The Kier molecular flexibility index (Phi) is 4.32. The summed E-state index contributed by atoms with van der Waals surface area (Å²) in [6.45, 7) is 0.300. The van der Waals surface area contributed by atoms with Gasteiger partial charge in [-0.3, -0.25) is 4.79 Å². The largest absolute Gasteiger partial charge is 0.462 e. The van der Waals surface area contributed by atoms with Gasteiger partial charge in [0.2, 0.25) is 0 Å². The smallest absolute Gasteiger partial charge is 0.271 e. The number of amides is 1. The lowest BCUT2D eigenvalue weighted by molar-refractivity contribution is 0.0946. The number of aromatic nitrogens is 1. The van der Waals surface area contributed by atoms with Crippen molar-refractivity contribution in [1.29, 1.82) is 0 Å². The number of hydrogen-bond acceptors (Lipinski definition) is 5. The fraction of sp³-hybridized carbons (Fsp3) is 0.125. The first-order chi connectivity index (χ1) is 10.8. The first-order valence-electron chi connectivity index (χ1n) is 6.73. The van der Waals surface area contributed by atoms with Gasteiger partial charge in [0.1, 0.15) is 5.69 Å². The minimum Gasteiger partial charge on any atom is -0.462 e. The number of hydrogen-bond donors (Lipinski definition) is 2. The number of aliphatic hydroxyl groups is 1. The van der Waals surface area contributed by atoms with Crippen LogP contribution >= 0.6 is 11.3 Å². The van der Waals surface area contributed by atoms with Gasteiger partial charge in [-0.15, -0.1) is 11.3 Å². The fourth-order valence-corrected chi connectivity index (χ4v) is 2.81. The van der Waals surface area contributed by atoms with Gasteiger partial charge < -0.3 is 14.8 Å². The second kappa shape index (κ2) is 6.55. The molecule has 2 N–H and O–H groups in total. The van der Waals surface area contributed by atoms with Gasteiger partial charge in [0.25, 0.3) is 5.91 Å². The van der Waals surface area contributed by atoms with Crippen LogP contribution in [0.1, 0.15) is 21.6 Å². The van der Waals surface area contributed by atoms with Gasteiger partial charge in [-0.1, -0.05) is 24.3 Å². The van der Waals surface area contributed by atoms with Gasteiger partial charge in [0.15, 0.2) is 10.8 Å². The number of rotatable bonds is 5. The third kappa shape index (κ3) is 3.08. The zero-order chi connectivity index (χ0) is 15.4. The van der Waals surface area contributed by atoms with E-state index in [4.69, 9.17) is 4.42 Å². The van der Waals surface area contributed by atoms with Crippen molar-refractivity contribution in [1.82, 2.24) is 10.3 Å². The molecule has 0 spiro atoms. The Morgan fingerprint density at radius 1 is 1.23 bits per heavy atom. The minimum atomic E-state index is -0.248. The maximum atomic E-state index is 12.1. The van der Waals surface area contributed by atoms with Crippen molar-refractivity contribution in [2.24, 2.45) is 0 Å². The number of thiazole rings is 1. The molecule has 0 aliphatic heterocycles. The van der Waals surface area contributed by atoms with Gasteiger partial charge in [0, 0.05) is 11.9 Å². The second-order valence-corrected chi connectivity index (χ2v) is 5.48. The van der Waals surface area contributed by atoms with E-state index >= 15 is 0 Å². The Labute approximate surface area is 131 Å². The zero-order valence-corrected chi connectivity index (χ0v) is 12.5. The first kappa shape index (κ1) is 14.5. The summed E-state index contributed by atoms with van der Waals surface area (Å²) in [5.41, 5.74) is 2.05. The number of benzene rings is 1. The van der Waals surface area contributed by atoms with E-state index < -0.39 is 0 Å². The van der Waals surface area contributed by atoms with Gasteiger partial charge in [0.05, 0.1) is 12.9 Å². The van der Waals surface area contributed by atoms with E-state index in [1.807, 2.05) is 24.3 Å². The van der Waals surface area contributed by atoms with Crippen LogP contribution in [0, 0.1) is 0 Å². The van der Waals surface area contributed by atoms with Gasteiger partial charge >= 0.3 is 0 Å². The average molecular weight is 314 g/mol. The molecule has 0 aliphatic carbocycles. The molecular formula is C16H14N2O3S. The van der Waals surface area contributed by atoms with Crippen molar-refractivity contribution in [2.75, 3.05) is 0 Å². The molecule has 1 amide bonds. The average Bonchev–Trinajstić information content (AvgIpc) is 3.23. The molecule has 0 aliphatic rings. The Hall–Kier alpha value is -2.44. The van der Waals surface area contributed by atoms with Crippen LogP contribution in [0.2, 0.25) is 0 Å². The molecule has 112 valence electrons. The lowest BCUT2D eigenvalue weighted by Gasteiger charge is -2.07. The molecule has 5 nitrogen and oxygen atoms in total. The quantitative estimate of drug-likeness (QED) is 0.759. The maximum Gasteiger partial charge on any atom is 0.271 e. The molecule has 0 atom stereocenters. The number of aliphatic hydroxyl groups excluding tert-OH is 1. The molecule has 0 radical (unpaired) electrons. The Bertz CT molecular complexity index is 765. The Morgan fingerprint density at radius 3 is 2.77 bits per heavy atom. The molecule has 0 unspecified atom stereocenters. The van der Waals surface area contributed by atoms with Crippen LogP contribution in [0.3, 0.4) is 0 Å². The summed E-state index contributed by atoms with van der Waals surface area (Å²) >= 11 is 1.36. The molecule has 0 bridgehead atoms. The van der Waals surface area contributed by atoms with Crippen LogP contribution < -0.4 is 5.32 Å². The van der Waals surface area contributed by atoms with Crippen molar-refractivity contribution in [3.63, 3.8) is 0 Å². The van der Waals surface area contributed by atoms with E-state index in [9.17, 15) is 9.90 Å². The molecule has 0 saturated carbocycles. The standard InChI is InChI=1S/C16H14N2O3S/c19-9-12-5-2-1-4-11(12)8-17-15(20)13-10-22-16(18-13)14-6-3-7-21-14/h1-7,10,19H,8-9H2,(H,17,20). The summed E-state index contributed by atoms with van der Waals surface area (Å²) in [6.07, 6.45) is 1.57. The van der Waals surface area contributed by atoms with Crippen molar-refractivity contribution in [2.45, 2.75) is 13.2 Å². The van der Waals surface area contributed by atoms with Crippen molar-refractivity contribution < 1.29 is 14.3 Å². The van der Waals surface area contributed by atoms with Gasteiger partial charge in [-0.25, -0.2) is 4.98 Å². The van der Waals surface area contributed by atoms with Crippen LogP contribution in [0.15, 0.2) is 52.5 Å². The highest BCUT2D eigenvalue weighted by Crippen LogP contribution is 2.23. The number of carbonyl (C=O) groups is 1. The normalized spacial score (nSPS) is 10.6. The van der Waals surface area contributed by atoms with E-state index in [0.717, 1.165) is 11.1 Å². The van der Waals surface area contributed by atoms with Crippen molar-refractivity contribution in [3.05, 3.63) is 64.9 Å². The highest BCUT2D eigenvalue weighted by Gasteiger charge is 2.13. The highest BCUT2D eigenvalue weighted by atomic mass is 32.1. The van der Waals surface area contributed by atoms with Crippen LogP contribution in [0.4, 0.5) is 0 Å². The second-order valence-electron chi connectivity index (χ2n) is 4.62. The van der Waals surface area contributed by atoms with Crippen LogP contribution in [-0.4, -0.2) is 16.0 Å². The molecule has 3 rings (SSSR count). The minimum absolute atomic E-state index is 0.0502. The van der Waals surface area contributed by atoms with Crippen LogP contribution in [0.25, 0.3) is 10.8 Å². The summed E-state index contributed by atoms with van der Waals surface area (Å²) < 4.78 is 5.26. The third-order valence-electron chi connectivity index (χ3n) is 3.20. The van der Waals surface area contributed by atoms with E-state index in [1.165, 1.54) is 11.3 Å². The summed E-state index contributed by atoms with van der Waals surface area (Å²) in [5, 5.41) is 14.5. The van der Waals surface area contributed by atoms with Crippen molar-refractivity contribution >= 4 is 17.2 Å². The summed E-state index contributed by atoms with van der Waals surface area (Å²) in [6, 6.07) is 11.0. The van der Waals surface area contributed by atoms with Crippen molar-refractivity contribution in [3.8, 4) is 10.8 Å². The molecule has 0 saturated heterocycles. The molecule has 2 aromatic heterocycles. The van der Waals surface area contributed by atoms with Gasteiger partial charge in [-0.05, 0) is 23.3 Å². The molecule has 1 aromatic carbocycles. The summed E-state index contributed by atoms with van der Waals surface area (Å²) in [5.74, 6) is 0.400. The van der Waals surface area contributed by atoms with E-state index in [0.29, 0.717) is 23.0 Å². The molecule has 6 heteroatoms. The van der Waals surface area contributed by atoms with E-state index in [2.05, 4.69) is 10.3 Å². The van der Waals surface area contributed by atoms with E-state index in [1.54, 1.807) is 23.8 Å². The Balaban J connectivity index is 1.67. The first-order valence-corrected chi connectivity index (χ1v) is 7.61. The SMILES string of the molecule is O=C(NCc1ccccc1CO)c1csc(-c2ccco2)n1. The number of furan rings is 1. The highest BCUT2D eigenvalue weighted by molar-refractivity contribution is 7.13. The van der Waals surface area contributed by atoms with E-state index in [-0.39, 0.29) is 12.5 Å². The number of nitrogens with zero attached hydrogens (tertiary/aromatic N) is 1. The van der Waals surface area contributed by atoms with Crippen LogP contribution in [-0.2, 0) is 13.2 Å². The lowest BCUT2D eigenvalue weighted by Crippen LogP contribution is -2.23.